The molecule has 0 aliphatic heterocycles. The smallest absolute Gasteiger partial charge is 0.213 e. The summed E-state index contributed by atoms with van der Waals surface area (Å²) < 4.78 is 10.8. The molecule has 100 valence electrons. The van der Waals surface area contributed by atoms with Crippen molar-refractivity contribution in [3.05, 3.63) is 52.7 Å². The van der Waals surface area contributed by atoms with E-state index in [2.05, 4.69) is 4.98 Å². The standard InChI is InChI=1S/C14H13Cl2NO2/c1-18-14-7-2-4-10(17-14)9-19-13-6-3-5-12(16)11(13)8-15/h2-7H,8-9H2,1H3. The molecule has 1 aromatic heterocycles. The Morgan fingerprint density at radius 1 is 1.16 bits per heavy atom. The zero-order valence-electron chi connectivity index (χ0n) is 10.4. The van der Waals surface area contributed by atoms with E-state index in [1.54, 1.807) is 19.2 Å². The van der Waals surface area contributed by atoms with Gasteiger partial charge in [0, 0.05) is 16.7 Å². The molecule has 2 rings (SSSR count). The molecule has 3 nitrogen and oxygen atoms in total. The second-order valence-electron chi connectivity index (χ2n) is 3.81. The zero-order valence-corrected chi connectivity index (χ0v) is 11.9. The van der Waals surface area contributed by atoms with Gasteiger partial charge in [-0.2, -0.15) is 0 Å². The normalized spacial score (nSPS) is 10.3. The molecule has 0 radical (unpaired) electrons. The van der Waals surface area contributed by atoms with Crippen LogP contribution in [0.3, 0.4) is 0 Å². The highest BCUT2D eigenvalue weighted by Gasteiger charge is 2.07. The van der Waals surface area contributed by atoms with E-state index in [1.165, 1.54) is 0 Å². The summed E-state index contributed by atoms with van der Waals surface area (Å²) in [7, 11) is 1.58. The van der Waals surface area contributed by atoms with Crippen LogP contribution in [0.2, 0.25) is 5.02 Å². The number of aromatic nitrogens is 1. The molecule has 0 amide bonds. The van der Waals surface area contributed by atoms with Gasteiger partial charge in [-0.15, -0.1) is 11.6 Å². The second-order valence-corrected chi connectivity index (χ2v) is 4.48. The van der Waals surface area contributed by atoms with E-state index in [1.807, 2.05) is 24.3 Å². The van der Waals surface area contributed by atoms with Crippen LogP contribution < -0.4 is 9.47 Å². The van der Waals surface area contributed by atoms with Crippen molar-refractivity contribution in [2.75, 3.05) is 7.11 Å². The Morgan fingerprint density at radius 2 is 1.95 bits per heavy atom. The van der Waals surface area contributed by atoms with Gasteiger partial charge in [-0.05, 0) is 18.2 Å². The van der Waals surface area contributed by atoms with Gasteiger partial charge in [0.15, 0.2) is 0 Å². The van der Waals surface area contributed by atoms with Crippen molar-refractivity contribution < 1.29 is 9.47 Å². The fraction of sp³-hybridized carbons (Fsp3) is 0.214. The molecular formula is C14H13Cl2NO2. The molecule has 0 saturated heterocycles. The molecule has 0 N–H and O–H groups in total. The third-order valence-electron chi connectivity index (χ3n) is 2.58. The number of nitrogens with zero attached hydrogens (tertiary/aromatic N) is 1. The van der Waals surface area contributed by atoms with Gasteiger partial charge >= 0.3 is 0 Å². The Balaban J connectivity index is 2.12. The van der Waals surface area contributed by atoms with Crippen molar-refractivity contribution in [1.29, 1.82) is 0 Å². The van der Waals surface area contributed by atoms with E-state index in [9.17, 15) is 0 Å². The Bertz CT molecular complexity index is 561. The minimum atomic E-state index is 0.306. The van der Waals surface area contributed by atoms with Gasteiger partial charge in [-0.1, -0.05) is 23.7 Å². The van der Waals surface area contributed by atoms with Gasteiger partial charge in [0.2, 0.25) is 5.88 Å². The van der Waals surface area contributed by atoms with Crippen LogP contribution in [-0.4, -0.2) is 12.1 Å². The Kier molecular flexibility index (Phi) is 4.88. The Morgan fingerprint density at radius 3 is 2.68 bits per heavy atom. The number of halogens is 2. The van der Waals surface area contributed by atoms with Gasteiger partial charge in [0.05, 0.1) is 18.7 Å². The molecule has 5 heteroatoms. The van der Waals surface area contributed by atoms with Gasteiger partial charge in [0.25, 0.3) is 0 Å². The molecule has 19 heavy (non-hydrogen) atoms. The number of rotatable bonds is 5. The third-order valence-corrected chi connectivity index (χ3v) is 3.20. The van der Waals surface area contributed by atoms with E-state index >= 15 is 0 Å². The second kappa shape index (κ2) is 6.64. The van der Waals surface area contributed by atoms with Crippen LogP contribution in [0.4, 0.5) is 0 Å². The molecule has 0 bridgehead atoms. The lowest BCUT2D eigenvalue weighted by Gasteiger charge is -2.11. The van der Waals surface area contributed by atoms with Crippen LogP contribution >= 0.6 is 23.2 Å². The number of pyridine rings is 1. The van der Waals surface area contributed by atoms with E-state index in [-0.39, 0.29) is 0 Å². The maximum atomic E-state index is 6.06. The summed E-state index contributed by atoms with van der Waals surface area (Å²) in [6.07, 6.45) is 0. The fourth-order valence-electron chi connectivity index (χ4n) is 1.61. The van der Waals surface area contributed by atoms with Gasteiger partial charge < -0.3 is 9.47 Å². The Labute approximate surface area is 122 Å². The van der Waals surface area contributed by atoms with Crippen molar-refractivity contribution in [2.24, 2.45) is 0 Å². The number of hydrogen-bond donors (Lipinski definition) is 0. The van der Waals surface area contributed by atoms with Crippen LogP contribution in [-0.2, 0) is 12.5 Å². The first-order chi connectivity index (χ1) is 9.24. The lowest BCUT2D eigenvalue weighted by molar-refractivity contribution is 0.296. The Hall–Kier alpha value is -1.45. The van der Waals surface area contributed by atoms with Crippen LogP contribution in [0.25, 0.3) is 0 Å². The predicted octanol–water partition coefficient (Wildman–Crippen LogP) is 4.06. The van der Waals surface area contributed by atoms with Crippen molar-refractivity contribution in [2.45, 2.75) is 12.5 Å². The summed E-state index contributed by atoms with van der Waals surface area (Å²) in [6.45, 7) is 0.335. The number of ether oxygens (including phenoxy) is 2. The summed E-state index contributed by atoms with van der Waals surface area (Å²) in [4.78, 5) is 4.27. The van der Waals surface area contributed by atoms with Crippen molar-refractivity contribution in [1.82, 2.24) is 4.98 Å². The summed E-state index contributed by atoms with van der Waals surface area (Å²) in [5, 5.41) is 0.603. The molecule has 0 aliphatic rings. The highest BCUT2D eigenvalue weighted by atomic mass is 35.5. The van der Waals surface area contributed by atoms with Crippen molar-refractivity contribution in [3.8, 4) is 11.6 Å². The maximum absolute atomic E-state index is 6.06. The molecule has 0 fully saturated rings. The van der Waals surface area contributed by atoms with E-state index < -0.39 is 0 Å². The molecule has 0 unspecified atom stereocenters. The molecule has 1 heterocycles. The average molecular weight is 298 g/mol. The molecule has 1 aromatic carbocycles. The molecule has 0 atom stereocenters. The van der Waals surface area contributed by atoms with Gasteiger partial charge in [-0.3, -0.25) is 0 Å². The first-order valence-electron chi connectivity index (χ1n) is 5.70. The minimum Gasteiger partial charge on any atom is -0.487 e. The molecule has 0 saturated carbocycles. The highest BCUT2D eigenvalue weighted by Crippen LogP contribution is 2.28. The molecule has 0 aliphatic carbocycles. The first-order valence-corrected chi connectivity index (χ1v) is 6.62. The topological polar surface area (TPSA) is 31.4 Å². The summed E-state index contributed by atoms with van der Waals surface area (Å²) in [5.74, 6) is 1.54. The van der Waals surface area contributed by atoms with Gasteiger partial charge in [-0.25, -0.2) is 4.98 Å². The summed E-state index contributed by atoms with van der Waals surface area (Å²) in [5.41, 5.74) is 1.56. The molecular weight excluding hydrogens is 285 g/mol. The lowest BCUT2D eigenvalue weighted by atomic mass is 10.2. The van der Waals surface area contributed by atoms with Crippen LogP contribution in [0.15, 0.2) is 36.4 Å². The summed E-state index contributed by atoms with van der Waals surface area (Å²) in [6, 6.07) is 11.0. The first kappa shape index (κ1) is 14.0. The highest BCUT2D eigenvalue weighted by molar-refractivity contribution is 6.32. The van der Waals surface area contributed by atoms with E-state index in [0.717, 1.165) is 11.3 Å². The molecule has 2 aromatic rings. The predicted molar refractivity (Wildman–Crippen MR) is 76.1 cm³/mol. The van der Waals surface area contributed by atoms with Crippen molar-refractivity contribution >= 4 is 23.2 Å². The number of methoxy groups -OCH3 is 1. The lowest BCUT2D eigenvalue weighted by Crippen LogP contribution is -2.01. The largest absolute Gasteiger partial charge is 0.487 e. The average Bonchev–Trinajstić information content (AvgIpc) is 2.45. The SMILES string of the molecule is COc1cccc(COc2cccc(Cl)c2CCl)n1. The summed E-state index contributed by atoms with van der Waals surface area (Å²) >= 11 is 11.9. The van der Waals surface area contributed by atoms with Crippen molar-refractivity contribution in [3.63, 3.8) is 0 Å². The van der Waals surface area contributed by atoms with Crippen LogP contribution in [0.5, 0.6) is 11.6 Å². The number of hydrogen-bond acceptors (Lipinski definition) is 3. The fourth-order valence-corrected chi connectivity index (χ4v) is 2.18. The quantitative estimate of drug-likeness (QED) is 0.780. The molecule has 0 spiro atoms. The third kappa shape index (κ3) is 3.52. The van der Waals surface area contributed by atoms with Crippen LogP contribution in [0, 0.1) is 0 Å². The number of alkyl halides is 1. The minimum absolute atomic E-state index is 0.306. The van der Waals surface area contributed by atoms with Gasteiger partial charge in [0.1, 0.15) is 12.4 Å². The van der Waals surface area contributed by atoms with Crippen LogP contribution in [0.1, 0.15) is 11.3 Å². The monoisotopic (exact) mass is 297 g/mol. The number of benzene rings is 1. The maximum Gasteiger partial charge on any atom is 0.213 e. The van der Waals surface area contributed by atoms with E-state index in [0.29, 0.717) is 29.1 Å². The van der Waals surface area contributed by atoms with E-state index in [4.69, 9.17) is 32.7 Å². The zero-order chi connectivity index (χ0) is 13.7.